The molecular formula is C19H31N3O3. The molecule has 25 heavy (non-hydrogen) atoms. The first kappa shape index (κ1) is 19.7. The Bertz CT molecular complexity index is 516. The van der Waals surface area contributed by atoms with Gasteiger partial charge in [-0.1, -0.05) is 30.3 Å². The predicted octanol–water partition coefficient (Wildman–Crippen LogP) is 0.934. The molecule has 2 rings (SSSR count). The van der Waals surface area contributed by atoms with Crippen LogP contribution in [-0.2, 0) is 11.2 Å². The molecule has 4 N–H and O–H groups in total. The molecule has 1 fully saturated rings. The fraction of sp³-hybridized carbons (Fsp3) is 0.632. The Hall–Kier alpha value is -1.63. The number of aliphatic hydroxyl groups is 2. The van der Waals surface area contributed by atoms with Gasteiger partial charge in [-0.3, -0.25) is 4.99 Å². The van der Waals surface area contributed by atoms with E-state index in [1.54, 1.807) is 0 Å². The van der Waals surface area contributed by atoms with E-state index >= 15 is 0 Å². The van der Waals surface area contributed by atoms with E-state index in [1.165, 1.54) is 0 Å². The Labute approximate surface area is 150 Å². The number of benzene rings is 1. The third kappa shape index (κ3) is 6.65. The zero-order chi connectivity index (χ0) is 18.0. The number of nitrogens with one attached hydrogen (secondary N) is 2. The van der Waals surface area contributed by atoms with Gasteiger partial charge in [0.15, 0.2) is 5.96 Å². The molecule has 6 nitrogen and oxygen atoms in total. The van der Waals surface area contributed by atoms with Crippen LogP contribution in [0.3, 0.4) is 0 Å². The van der Waals surface area contributed by atoms with E-state index in [2.05, 4.69) is 15.6 Å². The smallest absolute Gasteiger partial charge is 0.191 e. The molecule has 1 aromatic carbocycles. The van der Waals surface area contributed by atoms with E-state index in [-0.39, 0.29) is 12.0 Å². The first-order valence-electron chi connectivity index (χ1n) is 9.10. The average molecular weight is 349 g/mol. The van der Waals surface area contributed by atoms with Crippen LogP contribution < -0.4 is 10.6 Å². The molecule has 0 amide bonds. The van der Waals surface area contributed by atoms with Crippen molar-refractivity contribution in [2.24, 2.45) is 10.4 Å². The second kappa shape index (κ2) is 10.4. The fourth-order valence-corrected chi connectivity index (χ4v) is 3.05. The van der Waals surface area contributed by atoms with Gasteiger partial charge in [0.1, 0.15) is 0 Å². The number of ether oxygens (including phenoxy) is 1. The summed E-state index contributed by atoms with van der Waals surface area (Å²) in [5.74, 6) is 0.693. The van der Waals surface area contributed by atoms with E-state index in [1.807, 2.05) is 37.3 Å². The lowest BCUT2D eigenvalue weighted by molar-refractivity contribution is 0.131. The van der Waals surface area contributed by atoms with Gasteiger partial charge in [0.05, 0.1) is 19.3 Å². The monoisotopic (exact) mass is 349 g/mol. The summed E-state index contributed by atoms with van der Waals surface area (Å²) in [7, 11) is 0. The van der Waals surface area contributed by atoms with Gasteiger partial charge in [0, 0.05) is 38.1 Å². The molecule has 1 aromatic rings. The highest BCUT2D eigenvalue weighted by atomic mass is 16.5. The van der Waals surface area contributed by atoms with Crippen molar-refractivity contribution in [1.82, 2.24) is 10.6 Å². The molecule has 1 aliphatic heterocycles. The average Bonchev–Trinajstić information content (AvgIpc) is 3.07. The van der Waals surface area contributed by atoms with Gasteiger partial charge in [0.2, 0.25) is 0 Å². The summed E-state index contributed by atoms with van der Waals surface area (Å²) in [5.41, 5.74) is 1.04. The van der Waals surface area contributed by atoms with Crippen LogP contribution in [0.4, 0.5) is 0 Å². The van der Waals surface area contributed by atoms with Crippen LogP contribution in [-0.4, -0.2) is 61.7 Å². The number of hydrogen-bond donors (Lipinski definition) is 4. The second-order valence-electron chi connectivity index (χ2n) is 6.70. The SMILES string of the molecule is CCNC(=NCC1(CCO)CCOC1)NCC(O)Cc1ccccc1. The van der Waals surface area contributed by atoms with Gasteiger partial charge in [-0.2, -0.15) is 0 Å². The summed E-state index contributed by atoms with van der Waals surface area (Å²) in [6, 6.07) is 9.96. The maximum Gasteiger partial charge on any atom is 0.191 e. The molecule has 2 unspecified atom stereocenters. The van der Waals surface area contributed by atoms with E-state index in [9.17, 15) is 10.2 Å². The molecule has 0 radical (unpaired) electrons. The number of nitrogens with zero attached hydrogens (tertiary/aromatic N) is 1. The van der Waals surface area contributed by atoms with Crippen LogP contribution in [0.5, 0.6) is 0 Å². The van der Waals surface area contributed by atoms with E-state index in [0.717, 1.165) is 25.1 Å². The van der Waals surface area contributed by atoms with Gasteiger partial charge in [-0.15, -0.1) is 0 Å². The van der Waals surface area contributed by atoms with Gasteiger partial charge >= 0.3 is 0 Å². The quantitative estimate of drug-likeness (QED) is 0.394. The zero-order valence-electron chi connectivity index (χ0n) is 15.1. The second-order valence-corrected chi connectivity index (χ2v) is 6.70. The molecule has 0 spiro atoms. The summed E-state index contributed by atoms with van der Waals surface area (Å²) < 4.78 is 5.51. The molecule has 1 heterocycles. The van der Waals surface area contributed by atoms with Crippen LogP contribution in [0.15, 0.2) is 35.3 Å². The minimum atomic E-state index is -0.479. The van der Waals surface area contributed by atoms with Gasteiger partial charge in [0.25, 0.3) is 0 Å². The molecule has 0 saturated carbocycles. The predicted molar refractivity (Wildman–Crippen MR) is 99.7 cm³/mol. The minimum Gasteiger partial charge on any atom is -0.396 e. The van der Waals surface area contributed by atoms with E-state index in [0.29, 0.717) is 38.5 Å². The highest BCUT2D eigenvalue weighted by Crippen LogP contribution is 2.32. The Kier molecular flexibility index (Phi) is 8.18. The van der Waals surface area contributed by atoms with Crippen molar-refractivity contribution in [1.29, 1.82) is 0 Å². The Morgan fingerprint density at radius 3 is 2.76 bits per heavy atom. The minimum absolute atomic E-state index is 0.0697. The van der Waals surface area contributed by atoms with Gasteiger partial charge in [-0.05, 0) is 25.3 Å². The van der Waals surface area contributed by atoms with Crippen molar-refractivity contribution in [2.75, 3.05) is 39.5 Å². The van der Waals surface area contributed by atoms with Crippen LogP contribution in [0.1, 0.15) is 25.3 Å². The third-order valence-corrected chi connectivity index (χ3v) is 4.56. The first-order chi connectivity index (χ1) is 12.2. The molecule has 140 valence electrons. The maximum absolute atomic E-state index is 10.2. The highest BCUT2D eigenvalue weighted by molar-refractivity contribution is 5.79. The molecule has 0 bridgehead atoms. The number of rotatable bonds is 9. The van der Waals surface area contributed by atoms with E-state index < -0.39 is 6.10 Å². The van der Waals surface area contributed by atoms with Crippen LogP contribution in [0, 0.1) is 5.41 Å². The summed E-state index contributed by atoms with van der Waals surface area (Å²) in [6.07, 6.45) is 1.75. The number of hydrogen-bond acceptors (Lipinski definition) is 4. The number of aliphatic hydroxyl groups excluding tert-OH is 2. The molecular weight excluding hydrogens is 318 g/mol. The Morgan fingerprint density at radius 2 is 2.12 bits per heavy atom. The summed E-state index contributed by atoms with van der Waals surface area (Å²) >= 11 is 0. The van der Waals surface area contributed by atoms with Gasteiger partial charge in [-0.25, -0.2) is 0 Å². The lowest BCUT2D eigenvalue weighted by atomic mass is 9.84. The Balaban J connectivity index is 1.86. The number of guanidine groups is 1. The van der Waals surface area contributed by atoms with Crippen molar-refractivity contribution >= 4 is 5.96 Å². The standard InChI is InChI=1S/C19H31N3O3/c1-2-20-18(22-14-19(8-10-23)9-11-25-15-19)21-13-17(24)12-16-6-4-3-5-7-16/h3-7,17,23-24H,2,8-15H2,1H3,(H2,20,21,22). The van der Waals surface area contributed by atoms with Crippen LogP contribution in [0.2, 0.25) is 0 Å². The Morgan fingerprint density at radius 1 is 1.32 bits per heavy atom. The topological polar surface area (TPSA) is 86.1 Å². The summed E-state index contributed by atoms with van der Waals surface area (Å²) in [5, 5.41) is 26.0. The van der Waals surface area contributed by atoms with Gasteiger partial charge < -0.3 is 25.6 Å². The normalized spacial score (nSPS) is 22.0. The summed E-state index contributed by atoms with van der Waals surface area (Å²) in [4.78, 5) is 4.66. The van der Waals surface area contributed by atoms with Crippen LogP contribution >= 0.6 is 0 Å². The lowest BCUT2D eigenvalue weighted by Gasteiger charge is -2.25. The molecule has 6 heteroatoms. The van der Waals surface area contributed by atoms with Crippen LogP contribution in [0.25, 0.3) is 0 Å². The largest absolute Gasteiger partial charge is 0.396 e. The van der Waals surface area contributed by atoms with Crippen molar-refractivity contribution in [3.05, 3.63) is 35.9 Å². The molecule has 0 aliphatic carbocycles. The maximum atomic E-state index is 10.2. The highest BCUT2D eigenvalue weighted by Gasteiger charge is 2.34. The van der Waals surface area contributed by atoms with E-state index in [4.69, 9.17) is 4.74 Å². The third-order valence-electron chi connectivity index (χ3n) is 4.56. The molecule has 1 aliphatic rings. The first-order valence-corrected chi connectivity index (χ1v) is 9.10. The zero-order valence-corrected chi connectivity index (χ0v) is 15.1. The fourth-order valence-electron chi connectivity index (χ4n) is 3.05. The molecule has 1 saturated heterocycles. The number of aliphatic imine (C=N–C) groups is 1. The molecule has 2 atom stereocenters. The van der Waals surface area contributed by atoms with Crippen molar-refractivity contribution in [3.63, 3.8) is 0 Å². The lowest BCUT2D eigenvalue weighted by Crippen LogP contribution is -2.42. The summed E-state index contributed by atoms with van der Waals surface area (Å²) in [6.45, 7) is 5.34. The van der Waals surface area contributed by atoms with Crippen molar-refractivity contribution < 1.29 is 14.9 Å². The van der Waals surface area contributed by atoms with Crippen molar-refractivity contribution in [2.45, 2.75) is 32.3 Å². The molecule has 0 aromatic heterocycles. The van der Waals surface area contributed by atoms with Crippen molar-refractivity contribution in [3.8, 4) is 0 Å².